The Bertz CT molecular complexity index is 6920. The number of methoxy groups -OCH3 is 3. The number of aromatic nitrogens is 3. The number of fused-ring (bicyclic) bond motifs is 6. The lowest BCUT2D eigenvalue weighted by Gasteiger charge is -2.30. The topological polar surface area (TPSA) is 253 Å². The van der Waals surface area contributed by atoms with Gasteiger partial charge in [0, 0.05) is 104 Å². The van der Waals surface area contributed by atoms with Crippen LogP contribution in [0, 0.1) is 43.5 Å². The van der Waals surface area contributed by atoms with Gasteiger partial charge in [0.15, 0.2) is 17.0 Å². The molecule has 2 aromatic heterocycles. The Morgan fingerprint density at radius 3 is 1.63 bits per heavy atom. The number of aliphatic hydroxyl groups is 1. The summed E-state index contributed by atoms with van der Waals surface area (Å²) >= 11 is 0. The molecule has 3 heterocycles. The zero-order chi connectivity index (χ0) is 81.3. The number of ketones is 2. The van der Waals surface area contributed by atoms with Gasteiger partial charge < -0.3 is 49.1 Å². The molecular weight excluding hydrogens is 1450 g/mol. The Kier molecular flexibility index (Phi) is 20.0. The third-order valence-corrected chi connectivity index (χ3v) is 22.4. The second kappa shape index (κ2) is 30.2. The Morgan fingerprint density at radius 2 is 1.05 bits per heavy atom. The van der Waals surface area contributed by atoms with Crippen LogP contribution in [0.1, 0.15) is 121 Å². The first-order valence-corrected chi connectivity index (χ1v) is 37.7. The maximum atomic E-state index is 14.4. The van der Waals surface area contributed by atoms with E-state index in [1.807, 2.05) is 119 Å². The van der Waals surface area contributed by atoms with Crippen LogP contribution in [0.4, 0.5) is 34.1 Å². The zero-order valence-corrected chi connectivity index (χ0v) is 65.8. The van der Waals surface area contributed by atoms with Crippen molar-refractivity contribution in [3.05, 3.63) is 336 Å². The molecule has 10 aromatic carbocycles. The average Bonchev–Trinajstić information content (AvgIpc) is 0.685. The van der Waals surface area contributed by atoms with Crippen LogP contribution in [0.25, 0.3) is 71.5 Å². The molecule has 115 heavy (non-hydrogen) atoms. The fourth-order valence-electron chi connectivity index (χ4n) is 15.9. The molecule has 0 saturated carbocycles. The number of esters is 2. The highest BCUT2D eigenvalue weighted by molar-refractivity contribution is 6.32. The lowest BCUT2D eigenvalue weighted by Crippen LogP contribution is -2.33. The number of carbonyl (C=O) groups excluding carboxylic acids is 4. The van der Waals surface area contributed by atoms with Crippen LogP contribution in [-0.4, -0.2) is 70.2 Å². The van der Waals surface area contributed by atoms with Crippen molar-refractivity contribution in [2.45, 2.75) is 74.3 Å². The van der Waals surface area contributed by atoms with Crippen molar-refractivity contribution in [1.82, 2.24) is 14.1 Å². The minimum atomic E-state index is -0.761. The van der Waals surface area contributed by atoms with Crippen LogP contribution < -0.4 is 52.7 Å². The molecule has 0 fully saturated rings. The molecule has 1 atom stereocenters. The molecule has 574 valence electrons. The van der Waals surface area contributed by atoms with Gasteiger partial charge in [0.1, 0.15) is 40.0 Å². The lowest BCUT2D eigenvalue weighted by molar-refractivity contribution is 0.0590. The van der Waals surface area contributed by atoms with Gasteiger partial charge in [-0.05, 0) is 122 Å². The molecular formula is C96H82N6O13. The molecule has 4 N–H and O–H groups in total. The van der Waals surface area contributed by atoms with Gasteiger partial charge in [0.05, 0.1) is 71.2 Å². The number of benzene rings is 10. The van der Waals surface area contributed by atoms with E-state index in [0.717, 1.165) is 51.3 Å². The van der Waals surface area contributed by atoms with Crippen molar-refractivity contribution in [2.75, 3.05) is 37.3 Å². The second-order valence-corrected chi connectivity index (χ2v) is 29.9. The summed E-state index contributed by atoms with van der Waals surface area (Å²) in [6.45, 7) is 16.8. The Morgan fingerprint density at radius 1 is 0.530 bits per heavy atom. The number of allylic oxidation sites excluding steroid dienone is 2. The number of hydrogen-bond acceptors (Lipinski definition) is 17. The van der Waals surface area contributed by atoms with E-state index >= 15 is 0 Å². The normalized spacial score (nSPS) is 13.5. The highest BCUT2D eigenvalue weighted by Gasteiger charge is 2.38. The van der Waals surface area contributed by atoms with Crippen LogP contribution in [0.15, 0.2) is 237 Å². The van der Waals surface area contributed by atoms with Gasteiger partial charge in [0.25, 0.3) is 16.7 Å². The van der Waals surface area contributed by atoms with Crippen LogP contribution in [-0.2, 0) is 23.6 Å². The minimum Gasteiger partial charge on any atom is -0.506 e. The minimum absolute atomic E-state index is 0.0397. The summed E-state index contributed by atoms with van der Waals surface area (Å²) in [5, 5.41) is 25.3. The molecule has 0 saturated heterocycles. The van der Waals surface area contributed by atoms with Crippen molar-refractivity contribution < 1.29 is 43.2 Å². The molecule has 0 spiro atoms. The van der Waals surface area contributed by atoms with Crippen molar-refractivity contribution in [2.24, 2.45) is 19.5 Å². The summed E-state index contributed by atoms with van der Waals surface area (Å²) < 4.78 is 25.1. The predicted octanol–water partition coefficient (Wildman–Crippen LogP) is 17.7. The Labute approximate surface area is 661 Å². The molecule has 5 aliphatic rings. The molecule has 12 aromatic rings. The molecule has 0 radical (unpaired) electrons. The molecule has 1 unspecified atom stereocenters. The molecule has 17 rings (SSSR count). The Hall–Kier alpha value is -14.1. The monoisotopic (exact) mass is 1530 g/mol. The summed E-state index contributed by atoms with van der Waals surface area (Å²) in [7, 11) is 7.13. The van der Waals surface area contributed by atoms with Crippen LogP contribution in [0.5, 0.6) is 11.5 Å². The smallest absolute Gasteiger partial charge is 0.344 e. The number of nitrogens with zero attached hydrogens (tertiary/aromatic N) is 3. The fourth-order valence-corrected chi connectivity index (χ4v) is 15.9. The SMILES string of the molecule is CCC(C)(C)C1=CCC(Oc2cc(Nc3ccc(C)cc3)c3c4c2nc(=O)c(=C(O)c2ccccc2)c=4c2ccccc2c3=O)C(C)=C1.COC(=O)c1c2c3c(c(Nc4ccc(C)cc4)cc(OC)c3n(C)c1=O)C(=O)c1ccccc1-2.COC(=O)c1c2c3c(c(Nc4ccc(C)cc4C)ccc3n(C)c1=O)C(=O)c1ccccc1-2. The van der Waals surface area contributed by atoms with E-state index < -0.39 is 28.6 Å². The first-order chi connectivity index (χ1) is 55.3. The van der Waals surface area contributed by atoms with Gasteiger partial charge in [-0.1, -0.05) is 189 Å². The fraction of sp³-hybridized carbons (Fsp3) is 0.177. The van der Waals surface area contributed by atoms with E-state index in [9.17, 15) is 43.5 Å². The molecule has 19 heteroatoms. The summed E-state index contributed by atoms with van der Waals surface area (Å²) in [4.78, 5) is 113. The first-order valence-electron chi connectivity index (χ1n) is 37.7. The van der Waals surface area contributed by atoms with E-state index in [2.05, 4.69) is 66.8 Å². The maximum absolute atomic E-state index is 14.4. The zero-order valence-electron chi connectivity index (χ0n) is 65.8. The van der Waals surface area contributed by atoms with Gasteiger partial charge in [0.2, 0.25) is 0 Å². The van der Waals surface area contributed by atoms with Crippen molar-refractivity contribution in [1.29, 1.82) is 0 Å². The number of carbonyl (C=O) groups is 4. The van der Waals surface area contributed by atoms with Gasteiger partial charge >= 0.3 is 11.9 Å². The maximum Gasteiger partial charge on any atom is 0.344 e. The van der Waals surface area contributed by atoms with E-state index in [1.54, 1.807) is 111 Å². The summed E-state index contributed by atoms with van der Waals surface area (Å²) in [5.41, 5.74) is 14.3. The number of nitrogens with one attached hydrogen (secondary N) is 3. The van der Waals surface area contributed by atoms with E-state index in [1.165, 1.54) is 36.0 Å². The van der Waals surface area contributed by atoms with Crippen molar-refractivity contribution >= 4 is 107 Å². The standard InChI is InChI=1S/C42H38N2O4.C27H22N2O5.C27H22N2O4/c1-6-42(4,5)27-18-21-32(25(3)22-27)48-33-23-31(43-28-19-16-24(2)17-20-28)35-36-34(29-14-10-11-15-30(29)40(35)46)37(41(47)44-38(33)36)39(45)26-12-8-7-9-13-26;1-14-9-11-15(12-10-14)28-18-13-19(33-3)24-22-20(23(27(32)34-4)26(31)29(24)2)16-7-5-6-8-17(16)25(30)21(18)22;1-14-9-10-18(15(2)13-14)28-19-11-12-20-23-21(24(27(32)33-4)26(31)29(20)3)16-7-5-6-8-17(16)25(30)22(19)23/h7-20,22-23,32,43,45H,6,21H2,1-5H3;5-13,28H,1-4H3;5-13,28H,1-4H3. The lowest BCUT2D eigenvalue weighted by atomic mass is 9.78. The number of hydrogen-bond donors (Lipinski definition) is 4. The quantitative estimate of drug-likeness (QED) is 0.0738. The number of aliphatic hydroxyl groups excluding tert-OH is 1. The van der Waals surface area contributed by atoms with Crippen LogP contribution >= 0.6 is 0 Å². The van der Waals surface area contributed by atoms with Crippen LogP contribution in [0.2, 0.25) is 0 Å². The number of anilines is 6. The van der Waals surface area contributed by atoms with Gasteiger partial charge in [-0.2, -0.15) is 0 Å². The van der Waals surface area contributed by atoms with E-state index in [0.29, 0.717) is 139 Å². The largest absolute Gasteiger partial charge is 0.506 e. The number of aryl methyl sites for hydroxylation is 6. The predicted molar refractivity (Wildman–Crippen MR) is 453 cm³/mol. The van der Waals surface area contributed by atoms with Gasteiger partial charge in [-0.25, -0.2) is 14.6 Å². The third-order valence-electron chi connectivity index (χ3n) is 22.4. The van der Waals surface area contributed by atoms with Crippen molar-refractivity contribution in [3.63, 3.8) is 0 Å². The van der Waals surface area contributed by atoms with Gasteiger partial charge in [-0.15, -0.1) is 0 Å². The first kappa shape index (κ1) is 76.3. The Balaban J connectivity index is 0.000000139. The molecule has 0 bridgehead atoms. The molecule has 0 amide bonds. The number of pyridine rings is 2. The molecule has 4 aliphatic carbocycles. The molecule has 19 nitrogen and oxygen atoms in total. The molecule has 1 aliphatic heterocycles. The summed E-state index contributed by atoms with van der Waals surface area (Å²) in [6.07, 6.45) is 5.81. The van der Waals surface area contributed by atoms with E-state index in [-0.39, 0.29) is 50.6 Å². The van der Waals surface area contributed by atoms with Gasteiger partial charge in [-0.3, -0.25) is 28.8 Å². The highest BCUT2D eigenvalue weighted by atomic mass is 16.5. The number of rotatable bonds is 14. The van der Waals surface area contributed by atoms with Crippen LogP contribution in [0.3, 0.4) is 0 Å². The average molecular weight is 1530 g/mol. The second-order valence-electron chi connectivity index (χ2n) is 29.9. The third kappa shape index (κ3) is 13.3. The highest BCUT2D eigenvalue weighted by Crippen LogP contribution is 2.49. The van der Waals surface area contributed by atoms with E-state index in [4.69, 9.17) is 18.9 Å². The van der Waals surface area contributed by atoms with Crippen molar-refractivity contribution in [3.8, 4) is 33.8 Å². The summed E-state index contributed by atoms with van der Waals surface area (Å²) in [6, 6.07) is 59.1. The number of ether oxygens (including phenoxy) is 4. The summed E-state index contributed by atoms with van der Waals surface area (Å²) in [5.74, 6) is -1.26.